The Morgan fingerprint density at radius 2 is 1.56 bits per heavy atom. The van der Waals surface area contributed by atoms with E-state index >= 15 is 0 Å². The Labute approximate surface area is 155 Å². The van der Waals surface area contributed by atoms with Crippen LogP contribution in [0, 0.1) is 17.8 Å². The van der Waals surface area contributed by atoms with Crippen molar-refractivity contribution in [2.45, 2.75) is 96.1 Å². The van der Waals surface area contributed by atoms with E-state index in [2.05, 4.69) is 43.4 Å². The topological polar surface area (TPSA) is 12.0 Å². The Morgan fingerprint density at radius 1 is 0.960 bits per heavy atom. The molecule has 138 valence electrons. The highest BCUT2D eigenvalue weighted by atomic mass is 15.0. The van der Waals surface area contributed by atoms with Crippen molar-refractivity contribution in [3.05, 3.63) is 35.4 Å². The van der Waals surface area contributed by atoms with Crippen LogP contribution < -0.4 is 5.32 Å². The second-order valence-corrected chi connectivity index (χ2v) is 9.54. The fraction of sp³-hybridized carbons (Fsp3) is 0.750. The van der Waals surface area contributed by atoms with E-state index in [0.29, 0.717) is 5.54 Å². The van der Waals surface area contributed by atoms with Gasteiger partial charge in [0.05, 0.1) is 0 Å². The summed E-state index contributed by atoms with van der Waals surface area (Å²) in [6, 6.07) is 9.58. The number of hydrogen-bond donors (Lipinski definition) is 1. The molecule has 0 saturated heterocycles. The summed E-state index contributed by atoms with van der Waals surface area (Å²) in [5.41, 5.74) is 3.51. The highest BCUT2D eigenvalue weighted by molar-refractivity contribution is 5.25. The number of benzene rings is 1. The summed E-state index contributed by atoms with van der Waals surface area (Å²) in [6.45, 7) is 5.70. The Hall–Kier alpha value is -0.820. The van der Waals surface area contributed by atoms with Crippen LogP contribution in [0.2, 0.25) is 0 Å². The summed E-state index contributed by atoms with van der Waals surface area (Å²) in [5.74, 6) is 3.85. The lowest BCUT2D eigenvalue weighted by Crippen LogP contribution is -2.58. The minimum absolute atomic E-state index is 0.487. The molecule has 1 nitrogen and oxygen atoms in total. The standard InChI is InChI=1S/C24H37N/c1-3-5-6-22(4-2)23-9-7-18(8-10-23)17-25-24-14-19-11-20(15-24)13-21(12-19)16-24/h7-10,19-22,25H,3-6,11-17H2,1-2H3. The maximum atomic E-state index is 4.04. The van der Waals surface area contributed by atoms with Crippen LogP contribution in [0.5, 0.6) is 0 Å². The highest BCUT2D eigenvalue weighted by Crippen LogP contribution is 2.55. The number of hydrogen-bond acceptors (Lipinski definition) is 1. The van der Waals surface area contributed by atoms with Gasteiger partial charge in [-0.1, -0.05) is 51.0 Å². The van der Waals surface area contributed by atoms with Crippen LogP contribution in [0.25, 0.3) is 0 Å². The van der Waals surface area contributed by atoms with E-state index in [9.17, 15) is 0 Å². The summed E-state index contributed by atoms with van der Waals surface area (Å²) in [6.07, 6.45) is 14.2. The van der Waals surface area contributed by atoms with Crippen LogP contribution in [0.15, 0.2) is 24.3 Å². The highest BCUT2D eigenvalue weighted by Gasteiger charge is 2.50. The molecule has 4 aliphatic rings. The first kappa shape index (κ1) is 17.6. The van der Waals surface area contributed by atoms with Gasteiger partial charge in [-0.2, -0.15) is 0 Å². The molecular weight excluding hydrogens is 302 g/mol. The molecule has 4 aliphatic carbocycles. The molecule has 0 radical (unpaired) electrons. The Bertz CT molecular complexity index is 523. The Kier molecular flexibility index (Phi) is 5.23. The quantitative estimate of drug-likeness (QED) is 0.575. The molecule has 1 N–H and O–H groups in total. The van der Waals surface area contributed by atoms with E-state index in [1.807, 2.05) is 0 Å². The Morgan fingerprint density at radius 3 is 2.08 bits per heavy atom. The van der Waals surface area contributed by atoms with Gasteiger partial charge in [0.1, 0.15) is 0 Å². The van der Waals surface area contributed by atoms with Gasteiger partial charge >= 0.3 is 0 Å². The summed E-state index contributed by atoms with van der Waals surface area (Å²) < 4.78 is 0. The summed E-state index contributed by atoms with van der Waals surface area (Å²) in [7, 11) is 0. The lowest BCUT2D eigenvalue weighted by Gasteiger charge is -2.57. The second-order valence-electron chi connectivity index (χ2n) is 9.54. The van der Waals surface area contributed by atoms with Crippen LogP contribution in [0.1, 0.15) is 95.1 Å². The molecule has 25 heavy (non-hydrogen) atoms. The predicted molar refractivity (Wildman–Crippen MR) is 107 cm³/mol. The first-order chi connectivity index (χ1) is 12.2. The van der Waals surface area contributed by atoms with Crippen molar-refractivity contribution in [2.24, 2.45) is 17.8 Å². The van der Waals surface area contributed by atoms with E-state index in [1.54, 1.807) is 5.56 Å². The first-order valence-corrected chi connectivity index (χ1v) is 11.0. The molecule has 0 heterocycles. The minimum Gasteiger partial charge on any atom is -0.307 e. The number of rotatable bonds is 8. The van der Waals surface area contributed by atoms with Crippen molar-refractivity contribution in [1.29, 1.82) is 0 Å². The van der Waals surface area contributed by atoms with E-state index in [-0.39, 0.29) is 0 Å². The van der Waals surface area contributed by atoms with Crippen LogP contribution in [-0.4, -0.2) is 5.54 Å². The Balaban J connectivity index is 1.35. The summed E-state index contributed by atoms with van der Waals surface area (Å²) in [4.78, 5) is 0. The van der Waals surface area contributed by atoms with Crippen molar-refractivity contribution in [3.63, 3.8) is 0 Å². The van der Waals surface area contributed by atoms with Crippen LogP contribution in [0.3, 0.4) is 0 Å². The average molecular weight is 340 g/mol. The van der Waals surface area contributed by atoms with Crippen LogP contribution in [0.4, 0.5) is 0 Å². The lowest BCUT2D eigenvalue weighted by molar-refractivity contribution is -0.0206. The van der Waals surface area contributed by atoms with E-state index in [1.165, 1.54) is 69.8 Å². The molecule has 0 amide bonds. The van der Waals surface area contributed by atoms with Gasteiger partial charge in [-0.25, -0.2) is 0 Å². The molecule has 4 saturated carbocycles. The lowest BCUT2D eigenvalue weighted by atomic mass is 9.53. The molecule has 0 spiro atoms. The van der Waals surface area contributed by atoms with Gasteiger partial charge in [0.25, 0.3) is 0 Å². The maximum Gasteiger partial charge on any atom is 0.0210 e. The van der Waals surface area contributed by atoms with E-state index in [0.717, 1.165) is 30.2 Å². The van der Waals surface area contributed by atoms with Crippen molar-refractivity contribution < 1.29 is 0 Å². The zero-order valence-corrected chi connectivity index (χ0v) is 16.4. The van der Waals surface area contributed by atoms with Gasteiger partial charge in [-0.05, 0) is 86.2 Å². The average Bonchev–Trinajstić information content (AvgIpc) is 2.60. The largest absolute Gasteiger partial charge is 0.307 e. The fourth-order valence-electron chi connectivity index (χ4n) is 6.58. The summed E-state index contributed by atoms with van der Waals surface area (Å²) >= 11 is 0. The van der Waals surface area contributed by atoms with E-state index < -0.39 is 0 Å². The summed E-state index contributed by atoms with van der Waals surface area (Å²) in [5, 5.41) is 4.04. The van der Waals surface area contributed by atoms with Crippen molar-refractivity contribution in [2.75, 3.05) is 0 Å². The molecule has 5 rings (SSSR count). The molecule has 1 aromatic carbocycles. The van der Waals surface area contributed by atoms with Crippen LogP contribution in [-0.2, 0) is 6.54 Å². The van der Waals surface area contributed by atoms with Crippen LogP contribution >= 0.6 is 0 Å². The van der Waals surface area contributed by atoms with E-state index in [4.69, 9.17) is 0 Å². The first-order valence-electron chi connectivity index (χ1n) is 11.0. The van der Waals surface area contributed by atoms with Crippen molar-refractivity contribution in [1.82, 2.24) is 5.32 Å². The minimum atomic E-state index is 0.487. The van der Waals surface area contributed by atoms with Gasteiger partial charge in [0.2, 0.25) is 0 Å². The molecule has 1 atom stereocenters. The second kappa shape index (κ2) is 7.43. The monoisotopic (exact) mass is 339 g/mol. The predicted octanol–water partition coefficient (Wildman–Crippen LogP) is 6.43. The maximum absolute atomic E-state index is 4.04. The number of unbranched alkanes of at least 4 members (excludes halogenated alkanes) is 1. The molecule has 0 aliphatic heterocycles. The molecule has 1 aromatic rings. The molecular formula is C24H37N. The fourth-order valence-corrected chi connectivity index (χ4v) is 6.58. The third-order valence-corrected chi connectivity index (χ3v) is 7.56. The third kappa shape index (κ3) is 3.82. The third-order valence-electron chi connectivity index (χ3n) is 7.56. The normalized spacial score (nSPS) is 34.4. The molecule has 4 bridgehead atoms. The van der Waals surface area contributed by atoms with Gasteiger partial charge in [-0.3, -0.25) is 0 Å². The number of nitrogens with one attached hydrogen (secondary N) is 1. The van der Waals surface area contributed by atoms with Gasteiger partial charge in [-0.15, -0.1) is 0 Å². The molecule has 1 unspecified atom stereocenters. The van der Waals surface area contributed by atoms with Gasteiger partial charge in [0, 0.05) is 12.1 Å². The van der Waals surface area contributed by atoms with Gasteiger partial charge < -0.3 is 5.32 Å². The smallest absolute Gasteiger partial charge is 0.0210 e. The zero-order chi connectivity index (χ0) is 17.3. The SMILES string of the molecule is CCCCC(CC)c1ccc(CNC23CC4CC(CC(C4)C2)C3)cc1. The van der Waals surface area contributed by atoms with Gasteiger partial charge in [0.15, 0.2) is 0 Å². The van der Waals surface area contributed by atoms with Crippen molar-refractivity contribution in [3.8, 4) is 0 Å². The molecule has 0 aromatic heterocycles. The zero-order valence-electron chi connectivity index (χ0n) is 16.4. The molecule has 4 fully saturated rings. The van der Waals surface area contributed by atoms with Crippen molar-refractivity contribution >= 4 is 0 Å². The molecule has 1 heteroatoms.